The van der Waals surface area contributed by atoms with E-state index in [1.54, 1.807) is 18.6 Å². The molecule has 0 aliphatic rings. The molecule has 4 heteroatoms. The van der Waals surface area contributed by atoms with Gasteiger partial charge in [0.25, 0.3) is 0 Å². The van der Waals surface area contributed by atoms with E-state index in [9.17, 15) is 0 Å². The zero-order chi connectivity index (χ0) is 11.2. The van der Waals surface area contributed by atoms with Gasteiger partial charge in [0, 0.05) is 18.6 Å². The zero-order valence-corrected chi connectivity index (χ0v) is 8.87. The first-order valence-electron chi connectivity index (χ1n) is 5.18. The Morgan fingerprint density at radius 2 is 1.81 bits per heavy atom. The molecule has 0 saturated heterocycles. The monoisotopic (exact) mass is 215 g/mol. The first-order valence-corrected chi connectivity index (χ1v) is 5.18. The summed E-state index contributed by atoms with van der Waals surface area (Å²) in [7, 11) is 0. The van der Waals surface area contributed by atoms with Crippen LogP contribution in [0.3, 0.4) is 0 Å². The van der Waals surface area contributed by atoms with Crippen molar-refractivity contribution in [2.75, 3.05) is 0 Å². The predicted octanol–water partition coefficient (Wildman–Crippen LogP) is 1.15. The molecule has 0 unspecified atom stereocenters. The van der Waals surface area contributed by atoms with Crippen LogP contribution in [0.15, 0.2) is 36.9 Å². The average Bonchev–Trinajstić information content (AvgIpc) is 2.38. The van der Waals surface area contributed by atoms with Gasteiger partial charge in [-0.15, -0.1) is 0 Å². The molecule has 0 spiro atoms. The number of aryl methyl sites for hydroxylation is 2. The number of pyridine rings is 1. The van der Waals surface area contributed by atoms with Crippen LogP contribution in [0.4, 0.5) is 0 Å². The standard InChI is InChI=1S/C12H13N3O/c16-9-12-8-14-11(7-15-12)4-3-10-2-1-5-13-6-10/h1-2,5-8,16H,3-4,9H2. The number of aromatic nitrogens is 3. The molecule has 16 heavy (non-hydrogen) atoms. The third-order valence-corrected chi connectivity index (χ3v) is 2.31. The van der Waals surface area contributed by atoms with Crippen molar-refractivity contribution in [3.63, 3.8) is 0 Å². The van der Waals surface area contributed by atoms with Crippen LogP contribution in [-0.2, 0) is 19.4 Å². The van der Waals surface area contributed by atoms with Crippen LogP contribution in [-0.4, -0.2) is 20.1 Å². The van der Waals surface area contributed by atoms with Crippen molar-refractivity contribution in [3.05, 3.63) is 53.9 Å². The Labute approximate surface area is 94.0 Å². The minimum atomic E-state index is -0.0596. The molecular formula is C12H13N3O. The molecule has 0 aliphatic carbocycles. The van der Waals surface area contributed by atoms with Crippen molar-refractivity contribution < 1.29 is 5.11 Å². The van der Waals surface area contributed by atoms with Gasteiger partial charge in [-0.1, -0.05) is 6.07 Å². The lowest BCUT2D eigenvalue weighted by molar-refractivity contribution is 0.276. The first-order chi connectivity index (χ1) is 7.88. The number of hydrogen-bond acceptors (Lipinski definition) is 4. The largest absolute Gasteiger partial charge is 0.390 e. The number of nitrogens with zero attached hydrogens (tertiary/aromatic N) is 3. The number of hydrogen-bond donors (Lipinski definition) is 1. The van der Waals surface area contributed by atoms with Crippen LogP contribution in [0.5, 0.6) is 0 Å². The summed E-state index contributed by atoms with van der Waals surface area (Å²) in [6.07, 6.45) is 8.68. The van der Waals surface area contributed by atoms with E-state index >= 15 is 0 Å². The maximum Gasteiger partial charge on any atom is 0.0868 e. The van der Waals surface area contributed by atoms with Crippen molar-refractivity contribution in [2.24, 2.45) is 0 Å². The van der Waals surface area contributed by atoms with Gasteiger partial charge in [-0.05, 0) is 24.5 Å². The topological polar surface area (TPSA) is 58.9 Å². The predicted molar refractivity (Wildman–Crippen MR) is 59.6 cm³/mol. The highest BCUT2D eigenvalue weighted by molar-refractivity contribution is 5.11. The Hall–Kier alpha value is -1.81. The Balaban J connectivity index is 1.94. The number of aliphatic hydroxyl groups is 1. The molecule has 2 aromatic heterocycles. The number of aliphatic hydroxyl groups excluding tert-OH is 1. The normalized spacial score (nSPS) is 10.3. The minimum absolute atomic E-state index is 0.0596. The minimum Gasteiger partial charge on any atom is -0.390 e. The Morgan fingerprint density at radius 3 is 2.44 bits per heavy atom. The summed E-state index contributed by atoms with van der Waals surface area (Å²) in [5.74, 6) is 0. The third kappa shape index (κ3) is 2.84. The van der Waals surface area contributed by atoms with Gasteiger partial charge in [0.15, 0.2) is 0 Å². The quantitative estimate of drug-likeness (QED) is 0.831. The van der Waals surface area contributed by atoms with Gasteiger partial charge in [-0.25, -0.2) is 0 Å². The van der Waals surface area contributed by atoms with E-state index in [1.165, 1.54) is 5.56 Å². The van der Waals surface area contributed by atoms with E-state index < -0.39 is 0 Å². The molecule has 0 aliphatic heterocycles. The molecule has 2 aromatic rings. The lowest BCUT2D eigenvalue weighted by Crippen LogP contribution is -1.98. The van der Waals surface area contributed by atoms with Gasteiger partial charge in [0.05, 0.1) is 24.2 Å². The highest BCUT2D eigenvalue weighted by Gasteiger charge is 1.98. The lowest BCUT2D eigenvalue weighted by Gasteiger charge is -2.01. The molecule has 4 nitrogen and oxygen atoms in total. The maximum absolute atomic E-state index is 8.83. The molecule has 82 valence electrons. The molecule has 0 aromatic carbocycles. The van der Waals surface area contributed by atoms with E-state index in [1.807, 2.05) is 18.3 Å². The van der Waals surface area contributed by atoms with Crippen LogP contribution >= 0.6 is 0 Å². The van der Waals surface area contributed by atoms with Gasteiger partial charge in [-0.3, -0.25) is 15.0 Å². The van der Waals surface area contributed by atoms with Crippen LogP contribution in [0.25, 0.3) is 0 Å². The van der Waals surface area contributed by atoms with Crippen molar-refractivity contribution in [3.8, 4) is 0 Å². The molecule has 2 heterocycles. The molecule has 0 saturated carbocycles. The third-order valence-electron chi connectivity index (χ3n) is 2.31. The summed E-state index contributed by atoms with van der Waals surface area (Å²) in [6, 6.07) is 3.97. The summed E-state index contributed by atoms with van der Waals surface area (Å²) in [5.41, 5.74) is 2.72. The van der Waals surface area contributed by atoms with Gasteiger partial charge in [0.1, 0.15) is 0 Å². The fourth-order valence-corrected chi connectivity index (χ4v) is 1.41. The molecule has 0 amide bonds. The van der Waals surface area contributed by atoms with Crippen molar-refractivity contribution in [2.45, 2.75) is 19.4 Å². The summed E-state index contributed by atoms with van der Waals surface area (Å²) < 4.78 is 0. The molecule has 2 rings (SSSR count). The molecular weight excluding hydrogens is 202 g/mol. The second kappa shape index (κ2) is 5.32. The molecule has 0 bridgehead atoms. The Bertz CT molecular complexity index is 428. The average molecular weight is 215 g/mol. The van der Waals surface area contributed by atoms with Gasteiger partial charge < -0.3 is 5.11 Å². The van der Waals surface area contributed by atoms with Crippen LogP contribution in [0.2, 0.25) is 0 Å². The van der Waals surface area contributed by atoms with E-state index in [0.717, 1.165) is 18.5 Å². The fraction of sp³-hybridized carbons (Fsp3) is 0.250. The molecule has 0 radical (unpaired) electrons. The molecule has 0 atom stereocenters. The first kappa shape index (κ1) is 10.7. The van der Waals surface area contributed by atoms with E-state index in [4.69, 9.17) is 5.11 Å². The summed E-state index contributed by atoms with van der Waals surface area (Å²) in [5, 5.41) is 8.83. The SMILES string of the molecule is OCc1cnc(CCc2cccnc2)cn1. The van der Waals surface area contributed by atoms with Crippen LogP contribution in [0.1, 0.15) is 17.0 Å². The van der Waals surface area contributed by atoms with Gasteiger partial charge >= 0.3 is 0 Å². The van der Waals surface area contributed by atoms with Crippen LogP contribution in [0, 0.1) is 0 Å². The summed E-state index contributed by atoms with van der Waals surface area (Å²) in [6.45, 7) is -0.0596. The highest BCUT2D eigenvalue weighted by atomic mass is 16.3. The fourth-order valence-electron chi connectivity index (χ4n) is 1.41. The second-order valence-electron chi connectivity index (χ2n) is 3.52. The Morgan fingerprint density at radius 1 is 1.00 bits per heavy atom. The summed E-state index contributed by atoms with van der Waals surface area (Å²) in [4.78, 5) is 12.4. The highest BCUT2D eigenvalue weighted by Crippen LogP contribution is 2.03. The molecule has 0 fully saturated rings. The second-order valence-corrected chi connectivity index (χ2v) is 3.52. The maximum atomic E-state index is 8.83. The van der Waals surface area contributed by atoms with Gasteiger partial charge in [-0.2, -0.15) is 0 Å². The van der Waals surface area contributed by atoms with Gasteiger partial charge in [0.2, 0.25) is 0 Å². The zero-order valence-electron chi connectivity index (χ0n) is 8.87. The van der Waals surface area contributed by atoms with E-state index in [0.29, 0.717) is 5.69 Å². The van der Waals surface area contributed by atoms with E-state index in [2.05, 4.69) is 15.0 Å². The Kier molecular flexibility index (Phi) is 3.56. The smallest absolute Gasteiger partial charge is 0.0868 e. The van der Waals surface area contributed by atoms with Crippen molar-refractivity contribution >= 4 is 0 Å². The molecule has 1 N–H and O–H groups in total. The van der Waals surface area contributed by atoms with Crippen LogP contribution < -0.4 is 0 Å². The van der Waals surface area contributed by atoms with E-state index in [-0.39, 0.29) is 6.61 Å². The summed E-state index contributed by atoms with van der Waals surface area (Å²) >= 11 is 0. The van der Waals surface area contributed by atoms with Crippen molar-refractivity contribution in [1.82, 2.24) is 15.0 Å². The lowest BCUT2D eigenvalue weighted by atomic mass is 10.1. The number of rotatable bonds is 4. The van der Waals surface area contributed by atoms with Crippen molar-refractivity contribution in [1.29, 1.82) is 0 Å².